The summed E-state index contributed by atoms with van der Waals surface area (Å²) in [6.45, 7) is 3.62. The highest BCUT2D eigenvalue weighted by atomic mass is 16.5. The van der Waals surface area contributed by atoms with Crippen LogP contribution in [0.2, 0.25) is 0 Å². The van der Waals surface area contributed by atoms with E-state index < -0.39 is 0 Å². The average Bonchev–Trinajstić information content (AvgIpc) is 2.16. The Balaban J connectivity index is 2.42. The van der Waals surface area contributed by atoms with Crippen LogP contribution in [0.15, 0.2) is 0 Å². The number of hydrogen-bond donors (Lipinski definition) is 2. The molecular weight excluding hydrogens is 170 g/mol. The zero-order valence-corrected chi connectivity index (χ0v) is 8.01. The third-order valence-electron chi connectivity index (χ3n) is 2.58. The Morgan fingerprint density at radius 3 is 2.62 bits per heavy atom. The van der Waals surface area contributed by atoms with Crippen molar-refractivity contribution in [3.8, 4) is 0 Å². The van der Waals surface area contributed by atoms with Gasteiger partial charge in [0.15, 0.2) is 0 Å². The lowest BCUT2D eigenvalue weighted by Gasteiger charge is -2.35. The zero-order valence-electron chi connectivity index (χ0n) is 8.01. The van der Waals surface area contributed by atoms with E-state index in [1.165, 1.54) is 6.92 Å². The predicted octanol–water partition coefficient (Wildman–Crippen LogP) is -0.0884. The molecule has 4 nitrogen and oxygen atoms in total. The summed E-state index contributed by atoms with van der Waals surface area (Å²) in [6.07, 6.45) is 1.74. The highest BCUT2D eigenvalue weighted by Gasteiger charge is 2.32. The number of carbonyl (C=O) groups is 1. The van der Waals surface area contributed by atoms with Crippen LogP contribution in [0, 0.1) is 5.41 Å². The van der Waals surface area contributed by atoms with Crippen molar-refractivity contribution in [2.75, 3.05) is 26.3 Å². The van der Waals surface area contributed by atoms with Crippen LogP contribution >= 0.6 is 0 Å². The van der Waals surface area contributed by atoms with E-state index in [2.05, 4.69) is 5.32 Å². The van der Waals surface area contributed by atoms with Crippen molar-refractivity contribution in [3.05, 3.63) is 0 Å². The molecule has 1 heterocycles. The molecule has 1 rings (SSSR count). The van der Waals surface area contributed by atoms with Gasteiger partial charge in [-0.2, -0.15) is 0 Å². The first-order chi connectivity index (χ1) is 6.18. The maximum Gasteiger partial charge on any atom is 0.302 e. The van der Waals surface area contributed by atoms with Gasteiger partial charge in [0.2, 0.25) is 0 Å². The first kappa shape index (κ1) is 10.5. The molecule has 1 aliphatic rings. The first-order valence-electron chi connectivity index (χ1n) is 4.63. The fraction of sp³-hybridized carbons (Fsp3) is 0.889. The third kappa shape index (κ3) is 2.97. The van der Waals surface area contributed by atoms with Crippen molar-refractivity contribution in [3.63, 3.8) is 0 Å². The second-order valence-corrected chi connectivity index (χ2v) is 3.69. The van der Waals surface area contributed by atoms with E-state index in [4.69, 9.17) is 4.74 Å². The van der Waals surface area contributed by atoms with Crippen molar-refractivity contribution in [1.82, 2.24) is 5.32 Å². The molecule has 0 unspecified atom stereocenters. The molecule has 0 aliphatic carbocycles. The number of piperidine rings is 1. The second kappa shape index (κ2) is 4.58. The fourth-order valence-electron chi connectivity index (χ4n) is 1.56. The van der Waals surface area contributed by atoms with Gasteiger partial charge in [0.1, 0.15) is 0 Å². The molecule has 1 aliphatic heterocycles. The van der Waals surface area contributed by atoms with Crippen LogP contribution in [0.25, 0.3) is 0 Å². The van der Waals surface area contributed by atoms with Crippen LogP contribution in [-0.2, 0) is 9.53 Å². The molecule has 13 heavy (non-hydrogen) atoms. The van der Waals surface area contributed by atoms with E-state index in [1.54, 1.807) is 0 Å². The topological polar surface area (TPSA) is 58.6 Å². The molecule has 76 valence electrons. The summed E-state index contributed by atoms with van der Waals surface area (Å²) >= 11 is 0. The van der Waals surface area contributed by atoms with Gasteiger partial charge in [-0.3, -0.25) is 4.79 Å². The summed E-state index contributed by atoms with van der Waals surface area (Å²) < 4.78 is 4.95. The molecule has 0 aromatic carbocycles. The van der Waals surface area contributed by atoms with E-state index in [9.17, 15) is 9.90 Å². The summed E-state index contributed by atoms with van der Waals surface area (Å²) in [6, 6.07) is 0. The second-order valence-electron chi connectivity index (χ2n) is 3.69. The molecule has 2 N–H and O–H groups in total. The van der Waals surface area contributed by atoms with E-state index >= 15 is 0 Å². The Labute approximate surface area is 78.3 Å². The Bertz CT molecular complexity index is 176. The van der Waals surface area contributed by atoms with Crippen molar-refractivity contribution in [1.29, 1.82) is 0 Å². The highest BCUT2D eigenvalue weighted by Crippen LogP contribution is 2.28. The minimum absolute atomic E-state index is 0.0992. The van der Waals surface area contributed by atoms with Crippen LogP contribution in [-0.4, -0.2) is 37.4 Å². The lowest BCUT2D eigenvalue weighted by molar-refractivity contribution is -0.146. The number of nitrogens with one attached hydrogen (secondary N) is 1. The average molecular weight is 187 g/mol. The number of rotatable bonds is 3. The van der Waals surface area contributed by atoms with Crippen LogP contribution in [0.1, 0.15) is 19.8 Å². The van der Waals surface area contributed by atoms with E-state index in [0.717, 1.165) is 25.9 Å². The standard InChI is InChI=1S/C9H17NO3/c1-8(12)13-7-9(6-11)2-4-10-5-3-9/h10-11H,2-7H2,1H3. The smallest absolute Gasteiger partial charge is 0.302 e. The predicted molar refractivity (Wildman–Crippen MR) is 48.3 cm³/mol. The molecule has 0 atom stereocenters. The quantitative estimate of drug-likeness (QED) is 0.606. The normalized spacial score (nSPS) is 21.1. The number of ether oxygens (including phenoxy) is 1. The number of esters is 1. The van der Waals surface area contributed by atoms with Crippen molar-refractivity contribution in [2.24, 2.45) is 5.41 Å². The molecule has 0 aromatic heterocycles. The number of hydrogen-bond acceptors (Lipinski definition) is 4. The van der Waals surface area contributed by atoms with Gasteiger partial charge < -0.3 is 15.2 Å². The van der Waals surface area contributed by atoms with Gasteiger partial charge in [-0.1, -0.05) is 0 Å². The maximum atomic E-state index is 10.6. The van der Waals surface area contributed by atoms with E-state index in [0.29, 0.717) is 6.61 Å². The summed E-state index contributed by atoms with van der Waals surface area (Å²) in [4.78, 5) is 10.6. The molecule has 0 saturated carbocycles. The molecule has 0 bridgehead atoms. The molecule has 0 spiro atoms. The zero-order chi connectivity index (χ0) is 9.73. The molecule has 0 aromatic rings. The maximum absolute atomic E-state index is 10.6. The van der Waals surface area contributed by atoms with E-state index in [-0.39, 0.29) is 18.0 Å². The van der Waals surface area contributed by atoms with Gasteiger partial charge in [0.05, 0.1) is 13.2 Å². The van der Waals surface area contributed by atoms with Crippen LogP contribution in [0.5, 0.6) is 0 Å². The minimum atomic E-state index is -0.272. The summed E-state index contributed by atoms with van der Waals surface area (Å²) in [5.41, 5.74) is -0.197. The summed E-state index contributed by atoms with van der Waals surface area (Å²) in [7, 11) is 0. The molecule has 0 amide bonds. The Hall–Kier alpha value is -0.610. The third-order valence-corrected chi connectivity index (χ3v) is 2.58. The Morgan fingerprint density at radius 2 is 2.15 bits per heavy atom. The molecule has 1 saturated heterocycles. The molecule has 4 heteroatoms. The Morgan fingerprint density at radius 1 is 1.54 bits per heavy atom. The highest BCUT2D eigenvalue weighted by molar-refractivity contribution is 5.65. The molecular formula is C9H17NO3. The SMILES string of the molecule is CC(=O)OCC1(CO)CCNCC1. The van der Waals surface area contributed by atoms with Gasteiger partial charge in [0.25, 0.3) is 0 Å². The molecule has 0 radical (unpaired) electrons. The lowest BCUT2D eigenvalue weighted by atomic mass is 9.80. The summed E-state index contributed by atoms with van der Waals surface area (Å²) in [5.74, 6) is -0.272. The van der Waals surface area contributed by atoms with Gasteiger partial charge in [-0.15, -0.1) is 0 Å². The van der Waals surface area contributed by atoms with Gasteiger partial charge in [-0.25, -0.2) is 0 Å². The minimum Gasteiger partial charge on any atom is -0.465 e. The number of aliphatic hydroxyl groups is 1. The van der Waals surface area contributed by atoms with Gasteiger partial charge in [-0.05, 0) is 25.9 Å². The van der Waals surface area contributed by atoms with Crippen LogP contribution in [0.3, 0.4) is 0 Å². The number of carbonyl (C=O) groups excluding carboxylic acids is 1. The van der Waals surface area contributed by atoms with E-state index in [1.807, 2.05) is 0 Å². The number of aliphatic hydroxyl groups excluding tert-OH is 1. The van der Waals surface area contributed by atoms with Gasteiger partial charge in [0, 0.05) is 12.3 Å². The summed E-state index contributed by atoms with van der Waals surface area (Å²) in [5, 5.41) is 12.4. The van der Waals surface area contributed by atoms with Crippen molar-refractivity contribution in [2.45, 2.75) is 19.8 Å². The largest absolute Gasteiger partial charge is 0.465 e. The lowest BCUT2D eigenvalue weighted by Crippen LogP contribution is -2.42. The van der Waals surface area contributed by atoms with Crippen molar-refractivity contribution >= 4 is 5.97 Å². The Kier molecular flexibility index (Phi) is 3.69. The van der Waals surface area contributed by atoms with Crippen LogP contribution < -0.4 is 5.32 Å². The van der Waals surface area contributed by atoms with Crippen LogP contribution in [0.4, 0.5) is 0 Å². The van der Waals surface area contributed by atoms with Gasteiger partial charge >= 0.3 is 5.97 Å². The molecule has 1 fully saturated rings. The monoisotopic (exact) mass is 187 g/mol. The fourth-order valence-corrected chi connectivity index (χ4v) is 1.56. The first-order valence-corrected chi connectivity index (χ1v) is 4.63. The van der Waals surface area contributed by atoms with Crippen molar-refractivity contribution < 1.29 is 14.6 Å².